The molecule has 7 heteroatoms. The van der Waals surface area contributed by atoms with Crippen molar-refractivity contribution in [1.82, 2.24) is 15.1 Å². The first-order chi connectivity index (χ1) is 13.4. The van der Waals surface area contributed by atoms with Crippen LogP contribution in [0.3, 0.4) is 0 Å². The van der Waals surface area contributed by atoms with E-state index in [1.807, 2.05) is 0 Å². The molecule has 4 atom stereocenters. The topological polar surface area (TPSA) is 35.6 Å². The minimum Gasteiger partial charge on any atom is -0.350 e. The SMILES string of the molecule is O=C(NCC1CC2CCN1CC2CN1CCCC1)c1ccc(C(F)(F)F)cc1. The Morgan fingerprint density at radius 1 is 1.11 bits per heavy atom. The fourth-order valence-corrected chi connectivity index (χ4v) is 5.09. The lowest BCUT2D eigenvalue weighted by molar-refractivity contribution is -0.137. The van der Waals surface area contributed by atoms with Gasteiger partial charge in [0.1, 0.15) is 0 Å². The summed E-state index contributed by atoms with van der Waals surface area (Å²) >= 11 is 0. The van der Waals surface area contributed by atoms with E-state index in [2.05, 4.69) is 15.1 Å². The number of likely N-dealkylation sites (tertiary alicyclic amines) is 1. The van der Waals surface area contributed by atoms with Crippen molar-refractivity contribution in [1.29, 1.82) is 0 Å². The lowest BCUT2D eigenvalue weighted by Crippen LogP contribution is -2.58. The fraction of sp³-hybridized carbons (Fsp3) is 0.667. The van der Waals surface area contributed by atoms with E-state index >= 15 is 0 Å². The molecule has 5 rings (SSSR count). The highest BCUT2D eigenvalue weighted by atomic mass is 19.4. The predicted molar refractivity (Wildman–Crippen MR) is 101 cm³/mol. The van der Waals surface area contributed by atoms with Crippen LogP contribution < -0.4 is 5.32 Å². The summed E-state index contributed by atoms with van der Waals surface area (Å²) in [5, 5.41) is 2.93. The number of carbonyl (C=O) groups is 1. The second-order valence-electron chi connectivity index (χ2n) is 8.49. The molecule has 4 nitrogen and oxygen atoms in total. The third kappa shape index (κ3) is 4.35. The predicted octanol–water partition coefficient (Wildman–Crippen LogP) is 3.24. The molecule has 0 aromatic heterocycles. The quantitative estimate of drug-likeness (QED) is 0.832. The molecule has 4 heterocycles. The largest absolute Gasteiger partial charge is 0.416 e. The minimum atomic E-state index is -4.38. The molecule has 1 N–H and O–H groups in total. The Balaban J connectivity index is 1.28. The zero-order valence-corrected chi connectivity index (χ0v) is 16.0. The van der Waals surface area contributed by atoms with Gasteiger partial charge in [-0.25, -0.2) is 0 Å². The first-order valence-electron chi connectivity index (χ1n) is 10.3. The van der Waals surface area contributed by atoms with Gasteiger partial charge in [-0.2, -0.15) is 13.2 Å². The zero-order valence-electron chi connectivity index (χ0n) is 16.0. The summed E-state index contributed by atoms with van der Waals surface area (Å²) in [6, 6.07) is 4.76. The maximum Gasteiger partial charge on any atom is 0.416 e. The van der Waals surface area contributed by atoms with Crippen molar-refractivity contribution in [2.24, 2.45) is 11.8 Å². The number of rotatable bonds is 5. The van der Waals surface area contributed by atoms with Gasteiger partial charge in [0.05, 0.1) is 5.56 Å². The highest BCUT2D eigenvalue weighted by molar-refractivity contribution is 5.94. The molecule has 154 valence electrons. The van der Waals surface area contributed by atoms with Crippen LogP contribution in [0.1, 0.15) is 41.6 Å². The highest BCUT2D eigenvalue weighted by Gasteiger charge is 2.40. The third-order valence-corrected chi connectivity index (χ3v) is 6.68. The summed E-state index contributed by atoms with van der Waals surface area (Å²) in [5.41, 5.74) is -0.459. The van der Waals surface area contributed by atoms with E-state index in [9.17, 15) is 18.0 Å². The number of alkyl halides is 3. The van der Waals surface area contributed by atoms with Crippen LogP contribution in [0.5, 0.6) is 0 Å². The van der Waals surface area contributed by atoms with Crippen molar-refractivity contribution in [3.8, 4) is 0 Å². The second kappa shape index (κ2) is 8.03. The van der Waals surface area contributed by atoms with Crippen molar-refractivity contribution in [2.45, 2.75) is 37.9 Å². The van der Waals surface area contributed by atoms with E-state index in [0.717, 1.165) is 43.5 Å². The van der Waals surface area contributed by atoms with E-state index in [1.54, 1.807) is 0 Å². The summed E-state index contributed by atoms with van der Waals surface area (Å²) in [6.45, 7) is 6.41. The first-order valence-corrected chi connectivity index (χ1v) is 10.3. The Morgan fingerprint density at radius 3 is 2.43 bits per heavy atom. The Kier molecular flexibility index (Phi) is 5.65. The minimum absolute atomic E-state index is 0.274. The van der Waals surface area contributed by atoms with Gasteiger partial charge < -0.3 is 10.2 Å². The molecular formula is C21H28F3N3O. The molecule has 0 aliphatic carbocycles. The van der Waals surface area contributed by atoms with Crippen LogP contribution >= 0.6 is 0 Å². The van der Waals surface area contributed by atoms with Gasteiger partial charge in [-0.1, -0.05) is 0 Å². The van der Waals surface area contributed by atoms with Gasteiger partial charge in [-0.05, 0) is 81.4 Å². The maximum absolute atomic E-state index is 12.6. The van der Waals surface area contributed by atoms with Crippen molar-refractivity contribution in [2.75, 3.05) is 39.3 Å². The van der Waals surface area contributed by atoms with Crippen molar-refractivity contribution < 1.29 is 18.0 Å². The van der Waals surface area contributed by atoms with Crippen LogP contribution in [-0.2, 0) is 6.18 Å². The van der Waals surface area contributed by atoms with Crippen LogP contribution in [0.4, 0.5) is 13.2 Å². The van der Waals surface area contributed by atoms with Crippen LogP contribution in [0.15, 0.2) is 24.3 Å². The van der Waals surface area contributed by atoms with Crippen LogP contribution in [-0.4, -0.2) is 61.0 Å². The number of fused-ring (bicyclic) bond motifs is 3. The summed E-state index contributed by atoms with van der Waals surface area (Å²) in [4.78, 5) is 17.4. The number of amides is 1. The van der Waals surface area contributed by atoms with E-state index < -0.39 is 11.7 Å². The molecule has 4 saturated heterocycles. The molecule has 4 aliphatic rings. The number of piperidine rings is 3. The smallest absolute Gasteiger partial charge is 0.350 e. The summed E-state index contributed by atoms with van der Waals surface area (Å²) in [6.07, 6.45) is 0.600. The first kappa shape index (κ1) is 19.7. The van der Waals surface area contributed by atoms with Gasteiger partial charge in [-0.15, -0.1) is 0 Å². The fourth-order valence-electron chi connectivity index (χ4n) is 5.09. The Morgan fingerprint density at radius 2 is 1.82 bits per heavy atom. The van der Waals surface area contributed by atoms with Crippen LogP contribution in [0.25, 0.3) is 0 Å². The van der Waals surface area contributed by atoms with Gasteiger partial charge in [0.25, 0.3) is 5.91 Å². The molecule has 4 fully saturated rings. The molecular weight excluding hydrogens is 367 g/mol. The summed E-state index contributed by atoms with van der Waals surface area (Å²) in [7, 11) is 0. The molecule has 1 amide bonds. The number of benzene rings is 1. The number of carbonyl (C=O) groups excluding carboxylic acids is 1. The Hall–Kier alpha value is -1.60. The number of hydrogen-bond donors (Lipinski definition) is 1. The number of halogens is 3. The van der Waals surface area contributed by atoms with Crippen molar-refractivity contribution in [3.63, 3.8) is 0 Å². The summed E-state index contributed by atoms with van der Waals surface area (Å²) < 4.78 is 37.9. The monoisotopic (exact) mass is 395 g/mol. The zero-order chi connectivity index (χ0) is 19.7. The van der Waals surface area contributed by atoms with Crippen LogP contribution in [0, 0.1) is 11.8 Å². The standard InChI is InChI=1S/C21H28F3N3O/c22-21(23,24)18-5-3-15(4-6-18)20(28)25-12-19-11-16-7-10-27(19)14-17(16)13-26-8-1-2-9-26/h3-6,16-17,19H,1-2,7-14H2,(H,25,28). The normalized spacial score (nSPS) is 30.5. The molecule has 1 aromatic rings. The second-order valence-corrected chi connectivity index (χ2v) is 8.49. The van der Waals surface area contributed by atoms with E-state index in [0.29, 0.717) is 12.6 Å². The van der Waals surface area contributed by atoms with Gasteiger partial charge >= 0.3 is 6.18 Å². The maximum atomic E-state index is 12.6. The Labute approximate surface area is 164 Å². The summed E-state index contributed by atoms with van der Waals surface area (Å²) in [5.74, 6) is 1.15. The average molecular weight is 395 g/mol. The van der Waals surface area contributed by atoms with E-state index in [-0.39, 0.29) is 11.5 Å². The molecule has 4 unspecified atom stereocenters. The van der Waals surface area contributed by atoms with E-state index in [1.165, 1.54) is 51.0 Å². The van der Waals surface area contributed by atoms with Gasteiger partial charge in [-0.3, -0.25) is 9.69 Å². The third-order valence-electron chi connectivity index (χ3n) is 6.68. The van der Waals surface area contributed by atoms with Crippen molar-refractivity contribution >= 4 is 5.91 Å². The molecule has 2 bridgehead atoms. The van der Waals surface area contributed by atoms with Gasteiger partial charge in [0, 0.05) is 31.2 Å². The molecule has 0 radical (unpaired) electrons. The Bertz CT molecular complexity index is 685. The molecule has 4 aliphatic heterocycles. The van der Waals surface area contributed by atoms with Gasteiger partial charge in [0.15, 0.2) is 0 Å². The van der Waals surface area contributed by atoms with E-state index in [4.69, 9.17) is 0 Å². The van der Waals surface area contributed by atoms with Gasteiger partial charge in [0.2, 0.25) is 0 Å². The van der Waals surface area contributed by atoms with Crippen LogP contribution in [0.2, 0.25) is 0 Å². The average Bonchev–Trinajstić information content (AvgIpc) is 3.19. The lowest BCUT2D eigenvalue weighted by atomic mass is 9.75. The number of nitrogens with one attached hydrogen (secondary N) is 1. The molecule has 28 heavy (non-hydrogen) atoms. The molecule has 0 saturated carbocycles. The highest BCUT2D eigenvalue weighted by Crippen LogP contribution is 2.37. The number of nitrogens with zero attached hydrogens (tertiary/aromatic N) is 2. The number of hydrogen-bond acceptors (Lipinski definition) is 3. The molecule has 1 aromatic carbocycles. The molecule has 0 spiro atoms. The van der Waals surface area contributed by atoms with Crippen molar-refractivity contribution in [3.05, 3.63) is 35.4 Å². The lowest BCUT2D eigenvalue weighted by Gasteiger charge is -2.50.